The van der Waals surface area contributed by atoms with Crippen LogP contribution in [-0.2, 0) is 4.89 Å². The zero-order valence-electron chi connectivity index (χ0n) is 5.86. The minimum Gasteiger partial charge on any atom is -0.247 e. The molecule has 2 heteroatoms. The van der Waals surface area contributed by atoms with Crippen LogP contribution in [0.25, 0.3) is 0 Å². The number of rotatable bonds is 2. The van der Waals surface area contributed by atoms with Crippen molar-refractivity contribution in [3.8, 4) is 0 Å². The predicted octanol–water partition coefficient (Wildman–Crippen LogP) is 1.87. The van der Waals surface area contributed by atoms with E-state index in [-0.39, 0.29) is 0 Å². The summed E-state index contributed by atoms with van der Waals surface area (Å²) < 4.78 is 0. The average Bonchev–Trinajstić information content (AvgIpc) is 1.67. The number of hydrogen-bond donors (Lipinski definition) is 1. The molecule has 0 atom stereocenters. The maximum Gasteiger partial charge on any atom is 0.233 e. The predicted molar refractivity (Wildman–Crippen MR) is 32.4 cm³/mol. The van der Waals surface area contributed by atoms with Crippen molar-refractivity contribution >= 4 is 0 Å². The molecule has 0 saturated heterocycles. The zero-order valence-corrected chi connectivity index (χ0v) is 5.86. The molecule has 0 aromatic carbocycles. The van der Waals surface area contributed by atoms with Crippen molar-refractivity contribution in [1.82, 2.24) is 0 Å². The van der Waals surface area contributed by atoms with E-state index < -0.39 is 5.60 Å². The molecule has 0 radical (unpaired) electrons. The summed E-state index contributed by atoms with van der Waals surface area (Å²) in [6.45, 7) is 7.44. The quantitative estimate of drug-likeness (QED) is 0.340. The highest BCUT2D eigenvalue weighted by atomic mass is 17.1. The van der Waals surface area contributed by atoms with Crippen LogP contribution in [0.5, 0.6) is 0 Å². The van der Waals surface area contributed by atoms with E-state index in [4.69, 9.17) is 5.26 Å². The van der Waals surface area contributed by atoms with Crippen LogP contribution in [-0.4, -0.2) is 10.9 Å². The van der Waals surface area contributed by atoms with Crippen LogP contribution in [0, 0.1) is 5.92 Å². The lowest BCUT2D eigenvalue weighted by molar-refractivity contribution is -0.306. The van der Waals surface area contributed by atoms with Crippen LogP contribution in [0.2, 0.25) is 0 Å². The summed E-state index contributed by atoms with van der Waals surface area (Å²) in [7, 11) is 0. The Bertz CT molecular complexity index is 66.9. The molecule has 2 nitrogen and oxygen atoms in total. The molecule has 0 unspecified atom stereocenters. The first-order valence-corrected chi connectivity index (χ1v) is 2.64. The highest BCUT2D eigenvalue weighted by Gasteiger charge is 2.33. The molecule has 0 fully saturated rings. The fourth-order valence-corrected chi connectivity index (χ4v) is 0.0913. The Morgan fingerprint density at radius 2 is 1.75 bits per heavy atom. The third-order valence-corrected chi connectivity index (χ3v) is 1.43. The highest BCUT2D eigenvalue weighted by molar-refractivity contribution is 4.95. The van der Waals surface area contributed by atoms with Crippen molar-refractivity contribution in [3.05, 3.63) is 5.92 Å². The summed E-state index contributed by atoms with van der Waals surface area (Å²) in [5.41, 5.74) is -0.486. The van der Waals surface area contributed by atoms with Gasteiger partial charge in [-0.1, -0.05) is 0 Å². The van der Waals surface area contributed by atoms with Gasteiger partial charge in [-0.15, -0.1) is 0 Å². The molecule has 0 aliphatic carbocycles. The van der Waals surface area contributed by atoms with E-state index in [0.29, 0.717) is 0 Å². The molecule has 0 spiro atoms. The summed E-state index contributed by atoms with van der Waals surface area (Å²) in [6.07, 6.45) is 0. The molecule has 8 heavy (non-hydrogen) atoms. The summed E-state index contributed by atoms with van der Waals surface area (Å²) in [5, 5.41) is 8.24. The molecule has 0 saturated carbocycles. The smallest absolute Gasteiger partial charge is 0.233 e. The molecule has 0 aromatic rings. The Balaban J connectivity index is 3.71. The van der Waals surface area contributed by atoms with Crippen LogP contribution >= 0.6 is 0 Å². The maximum atomic E-state index is 8.24. The second-order valence-corrected chi connectivity index (χ2v) is 2.60. The zero-order chi connectivity index (χ0) is 6.78. The molecular formula is C6H13O2+. The van der Waals surface area contributed by atoms with E-state index in [1.54, 1.807) is 0 Å². The molecule has 0 aliphatic rings. The van der Waals surface area contributed by atoms with Crippen LogP contribution in [0.1, 0.15) is 27.7 Å². The minimum atomic E-state index is -0.486. The molecule has 0 amide bonds. The second kappa shape index (κ2) is 2.37. The Morgan fingerprint density at radius 3 is 1.75 bits per heavy atom. The summed E-state index contributed by atoms with van der Waals surface area (Å²) in [4.78, 5) is 4.16. The lowest BCUT2D eigenvalue weighted by Gasteiger charge is -2.14. The lowest BCUT2D eigenvalue weighted by atomic mass is 9.95. The molecule has 0 heterocycles. The molecular weight excluding hydrogens is 104 g/mol. The molecule has 0 bridgehead atoms. The third-order valence-electron chi connectivity index (χ3n) is 1.43. The van der Waals surface area contributed by atoms with Gasteiger partial charge in [-0.25, -0.2) is 5.26 Å². The summed E-state index contributed by atoms with van der Waals surface area (Å²) >= 11 is 0. The van der Waals surface area contributed by atoms with Crippen LogP contribution in [0.3, 0.4) is 0 Å². The Kier molecular flexibility index (Phi) is 2.31. The van der Waals surface area contributed by atoms with Gasteiger partial charge in [0.2, 0.25) is 5.60 Å². The molecule has 0 aromatic heterocycles. The van der Waals surface area contributed by atoms with Gasteiger partial charge in [0.1, 0.15) is 5.92 Å². The van der Waals surface area contributed by atoms with Gasteiger partial charge < -0.3 is 0 Å². The van der Waals surface area contributed by atoms with Gasteiger partial charge in [-0.2, -0.15) is 4.89 Å². The summed E-state index contributed by atoms with van der Waals surface area (Å²) in [5.74, 6) is 1.06. The van der Waals surface area contributed by atoms with E-state index >= 15 is 0 Å². The van der Waals surface area contributed by atoms with Gasteiger partial charge in [0.05, 0.1) is 13.8 Å². The van der Waals surface area contributed by atoms with Gasteiger partial charge in [0, 0.05) is 13.8 Å². The summed E-state index contributed by atoms with van der Waals surface area (Å²) in [6, 6.07) is 0. The fraction of sp³-hybridized carbons (Fsp3) is 0.833. The lowest BCUT2D eigenvalue weighted by Crippen LogP contribution is -2.27. The minimum absolute atomic E-state index is 0.486. The first kappa shape index (κ1) is 7.79. The van der Waals surface area contributed by atoms with Crippen LogP contribution < -0.4 is 0 Å². The first-order valence-electron chi connectivity index (χ1n) is 2.64. The van der Waals surface area contributed by atoms with Crippen molar-refractivity contribution in [2.45, 2.75) is 33.3 Å². The van der Waals surface area contributed by atoms with Gasteiger partial charge in [0.25, 0.3) is 0 Å². The SMILES string of the molecule is C[C+](C)C(C)(C)OO. The van der Waals surface area contributed by atoms with E-state index in [1.165, 1.54) is 0 Å². The van der Waals surface area contributed by atoms with Gasteiger partial charge in [-0.3, -0.25) is 0 Å². The van der Waals surface area contributed by atoms with Crippen molar-refractivity contribution in [3.63, 3.8) is 0 Å². The van der Waals surface area contributed by atoms with Crippen molar-refractivity contribution in [2.75, 3.05) is 0 Å². The Morgan fingerprint density at radius 1 is 1.38 bits per heavy atom. The van der Waals surface area contributed by atoms with E-state index in [9.17, 15) is 0 Å². The molecule has 48 valence electrons. The monoisotopic (exact) mass is 117 g/mol. The Labute approximate surface area is 50.4 Å². The first-order chi connectivity index (χ1) is 3.50. The fourth-order valence-electron chi connectivity index (χ4n) is 0.0913. The standard InChI is InChI=1S/C6H12O2/c1-5(2)6(3,4)8-7/h1-4H3/p+1. The van der Waals surface area contributed by atoms with Crippen LogP contribution in [0.15, 0.2) is 0 Å². The van der Waals surface area contributed by atoms with Crippen LogP contribution in [0.4, 0.5) is 0 Å². The largest absolute Gasteiger partial charge is 0.247 e. The third kappa shape index (κ3) is 1.72. The van der Waals surface area contributed by atoms with Crippen molar-refractivity contribution in [1.29, 1.82) is 0 Å². The maximum absolute atomic E-state index is 8.24. The topological polar surface area (TPSA) is 29.5 Å². The highest BCUT2D eigenvalue weighted by Crippen LogP contribution is 2.20. The van der Waals surface area contributed by atoms with E-state index in [0.717, 1.165) is 5.92 Å². The normalized spacial score (nSPS) is 11.6. The average molecular weight is 117 g/mol. The van der Waals surface area contributed by atoms with Gasteiger partial charge in [0.15, 0.2) is 0 Å². The molecule has 1 N–H and O–H groups in total. The number of hydrogen-bond acceptors (Lipinski definition) is 2. The molecule has 0 rings (SSSR count). The van der Waals surface area contributed by atoms with E-state index in [1.807, 2.05) is 27.7 Å². The molecule has 0 aliphatic heterocycles. The van der Waals surface area contributed by atoms with E-state index in [2.05, 4.69) is 4.89 Å². The Hall–Kier alpha value is -0.210. The second-order valence-electron chi connectivity index (χ2n) is 2.60. The van der Waals surface area contributed by atoms with Gasteiger partial charge >= 0.3 is 0 Å². The van der Waals surface area contributed by atoms with Gasteiger partial charge in [-0.05, 0) is 0 Å². The van der Waals surface area contributed by atoms with Crippen molar-refractivity contribution in [2.24, 2.45) is 0 Å². The van der Waals surface area contributed by atoms with Crippen molar-refractivity contribution < 1.29 is 10.1 Å².